The van der Waals surface area contributed by atoms with Crippen molar-refractivity contribution in [2.24, 2.45) is 0 Å². The van der Waals surface area contributed by atoms with E-state index in [1.807, 2.05) is 6.08 Å². The van der Waals surface area contributed by atoms with E-state index in [2.05, 4.69) is 17.6 Å². The number of hydrogen-bond acceptors (Lipinski definition) is 4. The van der Waals surface area contributed by atoms with Crippen molar-refractivity contribution in [3.8, 4) is 0 Å². The molecule has 1 heterocycles. The Bertz CT molecular complexity index is 352. The smallest absolute Gasteiger partial charge is 0.358 e. The molecular weight excluding hydrogens is 200 g/mol. The number of rotatable bonds is 4. The molecule has 0 bridgehead atoms. The van der Waals surface area contributed by atoms with Crippen LogP contribution in [0.5, 0.6) is 0 Å². The Labute approximate surface area is 87.2 Å². The van der Waals surface area contributed by atoms with Crippen LogP contribution < -0.4 is 0 Å². The molecule has 0 spiro atoms. The van der Waals surface area contributed by atoms with Gasteiger partial charge in [0.15, 0.2) is 0 Å². The maximum atomic E-state index is 10.5. The van der Waals surface area contributed by atoms with Crippen LogP contribution in [-0.4, -0.2) is 15.7 Å². The van der Waals surface area contributed by atoms with E-state index in [-0.39, 0.29) is 5.82 Å². The summed E-state index contributed by atoms with van der Waals surface area (Å²) >= 11 is 4.03. The van der Waals surface area contributed by atoms with E-state index in [0.29, 0.717) is 5.56 Å². The first-order valence-corrected chi connectivity index (χ1v) is 4.75. The summed E-state index contributed by atoms with van der Waals surface area (Å²) in [6, 6.07) is 3.34. The first-order chi connectivity index (χ1) is 6.75. The summed E-state index contributed by atoms with van der Waals surface area (Å²) < 4.78 is 0. The quantitative estimate of drug-likeness (QED) is 0.471. The third kappa shape index (κ3) is 2.85. The summed E-state index contributed by atoms with van der Waals surface area (Å²) in [5, 5.41) is 10.5. The molecular formula is C9H10N2O2S. The fraction of sp³-hybridized carbons (Fsp3) is 0.222. The highest BCUT2D eigenvalue weighted by atomic mass is 32.1. The van der Waals surface area contributed by atoms with Gasteiger partial charge in [0.2, 0.25) is 0 Å². The molecule has 0 N–H and O–H groups in total. The summed E-state index contributed by atoms with van der Waals surface area (Å²) in [5.74, 6) is 0.618. The van der Waals surface area contributed by atoms with Gasteiger partial charge in [-0.3, -0.25) is 0 Å². The van der Waals surface area contributed by atoms with Crippen molar-refractivity contribution in [2.45, 2.75) is 6.42 Å². The van der Waals surface area contributed by atoms with Crippen LogP contribution in [0.15, 0.2) is 24.4 Å². The largest absolute Gasteiger partial charge is 0.370 e. The predicted molar refractivity (Wildman–Crippen MR) is 58.4 cm³/mol. The van der Waals surface area contributed by atoms with E-state index in [1.54, 1.807) is 18.2 Å². The van der Waals surface area contributed by atoms with Crippen LogP contribution in [0.4, 0.5) is 5.82 Å². The third-order valence-electron chi connectivity index (χ3n) is 1.58. The van der Waals surface area contributed by atoms with E-state index < -0.39 is 4.92 Å². The molecule has 1 rings (SSSR count). The number of pyridine rings is 1. The lowest BCUT2D eigenvalue weighted by atomic mass is 10.2. The Hall–Kier alpha value is -1.36. The fourth-order valence-corrected chi connectivity index (χ4v) is 1.13. The van der Waals surface area contributed by atoms with Gasteiger partial charge in [-0.2, -0.15) is 12.6 Å². The van der Waals surface area contributed by atoms with Crippen LogP contribution in [-0.2, 0) is 0 Å². The molecule has 0 radical (unpaired) electrons. The maximum Gasteiger partial charge on any atom is 0.370 e. The van der Waals surface area contributed by atoms with Gasteiger partial charge < -0.3 is 10.1 Å². The minimum absolute atomic E-state index is 0.108. The van der Waals surface area contributed by atoms with Gasteiger partial charge in [-0.15, -0.1) is 0 Å². The molecule has 0 atom stereocenters. The Kier molecular flexibility index (Phi) is 4.12. The Morgan fingerprint density at radius 2 is 2.43 bits per heavy atom. The van der Waals surface area contributed by atoms with Gasteiger partial charge in [0.25, 0.3) is 0 Å². The number of thiol groups is 1. The summed E-state index contributed by atoms with van der Waals surface area (Å²) in [4.78, 5) is 13.8. The summed E-state index contributed by atoms with van der Waals surface area (Å²) in [7, 11) is 0. The lowest BCUT2D eigenvalue weighted by molar-refractivity contribution is -0.389. The van der Waals surface area contributed by atoms with Crippen LogP contribution >= 0.6 is 12.6 Å². The first-order valence-electron chi connectivity index (χ1n) is 4.12. The molecule has 74 valence electrons. The van der Waals surface area contributed by atoms with E-state index in [4.69, 9.17) is 0 Å². The van der Waals surface area contributed by atoms with Gasteiger partial charge in [-0.25, -0.2) is 0 Å². The van der Waals surface area contributed by atoms with Crippen LogP contribution in [0.2, 0.25) is 0 Å². The second-order valence-electron chi connectivity index (χ2n) is 2.59. The predicted octanol–water partition coefficient (Wildman–Crippen LogP) is 2.32. The average molecular weight is 210 g/mol. The van der Waals surface area contributed by atoms with E-state index in [9.17, 15) is 10.1 Å². The lowest BCUT2D eigenvalue weighted by Crippen LogP contribution is -1.94. The highest BCUT2D eigenvalue weighted by Gasteiger charge is 2.10. The molecule has 14 heavy (non-hydrogen) atoms. The van der Waals surface area contributed by atoms with Crippen molar-refractivity contribution in [3.63, 3.8) is 0 Å². The Morgan fingerprint density at radius 1 is 1.64 bits per heavy atom. The van der Waals surface area contributed by atoms with E-state index in [0.717, 1.165) is 12.2 Å². The van der Waals surface area contributed by atoms with Crippen molar-refractivity contribution in [1.29, 1.82) is 0 Å². The van der Waals surface area contributed by atoms with Crippen molar-refractivity contribution in [1.82, 2.24) is 4.98 Å². The Morgan fingerprint density at radius 3 is 3.07 bits per heavy atom. The zero-order valence-electron chi connectivity index (χ0n) is 7.46. The van der Waals surface area contributed by atoms with Gasteiger partial charge in [-0.05, 0) is 34.2 Å². The van der Waals surface area contributed by atoms with Crippen LogP contribution in [0, 0.1) is 10.1 Å². The molecule has 0 saturated carbocycles. The van der Waals surface area contributed by atoms with Crippen LogP contribution in [0.25, 0.3) is 6.08 Å². The van der Waals surface area contributed by atoms with Gasteiger partial charge in [0, 0.05) is 0 Å². The minimum atomic E-state index is -0.486. The van der Waals surface area contributed by atoms with E-state index >= 15 is 0 Å². The fourth-order valence-electron chi connectivity index (χ4n) is 0.977. The molecule has 0 amide bonds. The number of aromatic nitrogens is 1. The molecule has 0 saturated heterocycles. The topological polar surface area (TPSA) is 56.0 Å². The highest BCUT2D eigenvalue weighted by molar-refractivity contribution is 7.80. The lowest BCUT2D eigenvalue weighted by Gasteiger charge is -1.95. The summed E-state index contributed by atoms with van der Waals surface area (Å²) in [5.41, 5.74) is 0.527. The minimum Gasteiger partial charge on any atom is -0.358 e. The van der Waals surface area contributed by atoms with E-state index in [1.165, 1.54) is 6.20 Å². The molecule has 0 unspecified atom stereocenters. The third-order valence-corrected chi connectivity index (χ3v) is 1.84. The number of allylic oxidation sites excluding steroid dienone is 1. The number of nitrogens with zero attached hydrogens (tertiary/aromatic N) is 2. The van der Waals surface area contributed by atoms with Crippen molar-refractivity contribution >= 4 is 24.5 Å². The zero-order chi connectivity index (χ0) is 10.4. The molecule has 4 nitrogen and oxygen atoms in total. The molecule has 1 aromatic heterocycles. The SMILES string of the molecule is O=[N+]([O-])c1ncccc1C=CCCS. The molecule has 0 aliphatic rings. The van der Waals surface area contributed by atoms with Crippen LogP contribution in [0.3, 0.4) is 0 Å². The zero-order valence-corrected chi connectivity index (χ0v) is 8.35. The van der Waals surface area contributed by atoms with Gasteiger partial charge in [0.05, 0.1) is 5.56 Å². The number of nitro groups is 1. The van der Waals surface area contributed by atoms with Gasteiger partial charge in [0.1, 0.15) is 6.20 Å². The summed E-state index contributed by atoms with van der Waals surface area (Å²) in [6.45, 7) is 0. The first kappa shape index (κ1) is 10.7. The van der Waals surface area contributed by atoms with Crippen molar-refractivity contribution in [2.75, 3.05) is 5.75 Å². The van der Waals surface area contributed by atoms with Crippen LogP contribution in [0.1, 0.15) is 12.0 Å². The monoisotopic (exact) mass is 210 g/mol. The van der Waals surface area contributed by atoms with Gasteiger partial charge >= 0.3 is 5.82 Å². The molecule has 0 aliphatic heterocycles. The Balaban J connectivity index is 2.90. The maximum absolute atomic E-state index is 10.5. The number of hydrogen-bond donors (Lipinski definition) is 1. The van der Waals surface area contributed by atoms with Gasteiger partial charge in [-0.1, -0.05) is 12.2 Å². The molecule has 0 aromatic carbocycles. The molecule has 1 aromatic rings. The molecule has 5 heteroatoms. The van der Waals surface area contributed by atoms with Crippen molar-refractivity contribution < 1.29 is 4.92 Å². The standard InChI is InChI=1S/C9H10N2O2S/c12-11(13)9-8(4-1-2-7-14)5-3-6-10-9/h1,3-6,14H,2,7H2. The highest BCUT2D eigenvalue weighted by Crippen LogP contribution is 2.15. The summed E-state index contributed by atoms with van der Waals surface area (Å²) in [6.07, 6.45) is 5.74. The second kappa shape index (κ2) is 5.39. The second-order valence-corrected chi connectivity index (χ2v) is 3.04. The normalized spacial score (nSPS) is 10.6. The molecule has 0 fully saturated rings. The molecule has 0 aliphatic carbocycles. The van der Waals surface area contributed by atoms with Crippen molar-refractivity contribution in [3.05, 3.63) is 40.1 Å². The average Bonchev–Trinajstić information content (AvgIpc) is 2.19.